The van der Waals surface area contributed by atoms with Crippen LogP contribution in [0.3, 0.4) is 0 Å². The van der Waals surface area contributed by atoms with Crippen molar-refractivity contribution < 1.29 is 22.7 Å². The summed E-state index contributed by atoms with van der Waals surface area (Å²) in [5.74, 6) is 0.403. The highest BCUT2D eigenvalue weighted by Gasteiger charge is 2.30. The summed E-state index contributed by atoms with van der Waals surface area (Å²) in [7, 11) is -4.34. The predicted octanol–water partition coefficient (Wildman–Crippen LogP) is 5.15. The normalized spacial score (nSPS) is 16.5. The third kappa shape index (κ3) is 6.45. The lowest BCUT2D eigenvalue weighted by Crippen LogP contribution is -2.38. The Morgan fingerprint density at radius 1 is 1.21 bits per heavy atom. The molecule has 4 rings (SSSR count). The fourth-order valence-corrected chi connectivity index (χ4v) is 5.55. The van der Waals surface area contributed by atoms with Gasteiger partial charge in [-0.3, -0.25) is 9.59 Å². The van der Waals surface area contributed by atoms with Crippen LogP contribution in [0.5, 0.6) is 5.75 Å². The zero-order chi connectivity index (χ0) is 27.4. The number of rotatable bonds is 8. The fourth-order valence-electron chi connectivity index (χ4n) is 4.27. The van der Waals surface area contributed by atoms with Crippen molar-refractivity contribution in [1.29, 1.82) is 0 Å². The number of hydrogen-bond donors (Lipinski definition) is 1. The third-order valence-electron chi connectivity index (χ3n) is 6.48. The summed E-state index contributed by atoms with van der Waals surface area (Å²) in [4.78, 5) is 31.8. The number of halogens is 1. The largest absolute Gasteiger partial charge is 0.492 e. The number of carbonyl (C=O) groups excluding carboxylic acids is 2. The molecule has 1 aliphatic heterocycles. The molecule has 1 amide bonds. The van der Waals surface area contributed by atoms with Crippen LogP contribution in [0.2, 0.25) is 5.02 Å². The Hall–Kier alpha value is -3.17. The van der Waals surface area contributed by atoms with E-state index in [1.54, 1.807) is 24.3 Å². The molecule has 1 fully saturated rings. The van der Waals surface area contributed by atoms with Gasteiger partial charge in [-0.25, -0.2) is 18.1 Å². The van der Waals surface area contributed by atoms with Crippen LogP contribution in [0.25, 0.3) is 11.3 Å². The molecule has 0 saturated carbocycles. The molecule has 2 aromatic rings. The van der Waals surface area contributed by atoms with Crippen molar-refractivity contribution in [2.75, 3.05) is 24.6 Å². The Labute approximate surface area is 228 Å². The van der Waals surface area contributed by atoms with E-state index in [4.69, 9.17) is 21.3 Å². The lowest BCUT2D eigenvalue weighted by atomic mass is 9.98. The van der Waals surface area contributed by atoms with E-state index in [-0.39, 0.29) is 12.0 Å². The number of piperidine rings is 1. The van der Waals surface area contributed by atoms with Gasteiger partial charge in [-0.2, -0.15) is 0 Å². The number of anilines is 1. The topological polar surface area (TPSA) is 106 Å². The van der Waals surface area contributed by atoms with E-state index in [2.05, 4.69) is 11.6 Å². The Kier molecular flexibility index (Phi) is 8.57. The number of sulfonamides is 1. The van der Waals surface area contributed by atoms with Crippen LogP contribution in [0.1, 0.15) is 50.4 Å². The average molecular weight is 558 g/mol. The molecule has 1 saturated heterocycles. The second-order valence-corrected chi connectivity index (χ2v) is 12.2. The highest BCUT2D eigenvalue weighted by atomic mass is 35.5. The number of allylic oxidation sites excluding steroid dienone is 4. The Morgan fingerprint density at radius 2 is 1.95 bits per heavy atom. The number of pyridine rings is 1. The standard InChI is InChI=1S/C28H32ClN3O5S/c1-18(2)17-37-25-16-20(8-10-22(25)29)23-11-9-21(27(30-23)32-14-12-19(3)13-15-32)28(34)31-38(35,36)26-7-5-4-6-24(26)33/h4-5,7-11,16,18-19H,6,12-15,17H2,1-3H3,(H,31,34). The van der Waals surface area contributed by atoms with Crippen LogP contribution in [0.4, 0.5) is 5.82 Å². The molecule has 1 aromatic carbocycles. The highest BCUT2D eigenvalue weighted by Crippen LogP contribution is 2.33. The number of Topliss-reactive ketones (excluding diaryl/α,β-unsaturated/α-hetero) is 1. The van der Waals surface area contributed by atoms with Crippen LogP contribution >= 0.6 is 11.6 Å². The molecular weight excluding hydrogens is 526 g/mol. The van der Waals surface area contributed by atoms with Crippen molar-refractivity contribution in [2.24, 2.45) is 11.8 Å². The summed E-state index contributed by atoms with van der Waals surface area (Å²) in [6.07, 6.45) is 6.08. The molecule has 0 spiro atoms. The monoisotopic (exact) mass is 557 g/mol. The number of nitrogens with zero attached hydrogens (tertiary/aromatic N) is 2. The second kappa shape index (κ2) is 11.7. The lowest BCUT2D eigenvalue weighted by Gasteiger charge is -2.32. The van der Waals surface area contributed by atoms with Gasteiger partial charge in [0.2, 0.25) is 0 Å². The molecule has 1 aromatic heterocycles. The molecule has 202 valence electrons. The SMILES string of the molecule is CC(C)COc1cc(-c2ccc(C(=O)NS(=O)(=O)C3=CC=CCC3=O)c(N3CCC(C)CC3)n2)ccc1Cl. The summed E-state index contributed by atoms with van der Waals surface area (Å²) in [6.45, 7) is 8.15. The minimum absolute atomic E-state index is 0.0294. The number of ether oxygens (including phenoxy) is 1. The van der Waals surface area contributed by atoms with Gasteiger partial charge >= 0.3 is 0 Å². The predicted molar refractivity (Wildman–Crippen MR) is 149 cm³/mol. The van der Waals surface area contributed by atoms with Crippen LogP contribution in [0, 0.1) is 11.8 Å². The van der Waals surface area contributed by atoms with Gasteiger partial charge in [0.25, 0.3) is 15.9 Å². The van der Waals surface area contributed by atoms with Crippen LogP contribution in [-0.4, -0.2) is 44.8 Å². The maximum absolute atomic E-state index is 13.3. The molecule has 38 heavy (non-hydrogen) atoms. The average Bonchev–Trinajstić information content (AvgIpc) is 2.88. The summed E-state index contributed by atoms with van der Waals surface area (Å²) in [6, 6.07) is 8.62. The van der Waals surface area contributed by atoms with Crippen molar-refractivity contribution >= 4 is 39.1 Å². The van der Waals surface area contributed by atoms with Crippen LogP contribution < -0.4 is 14.4 Å². The number of nitrogens with one attached hydrogen (secondary N) is 1. The van der Waals surface area contributed by atoms with Gasteiger partial charge < -0.3 is 9.64 Å². The Morgan fingerprint density at radius 3 is 2.63 bits per heavy atom. The summed E-state index contributed by atoms with van der Waals surface area (Å²) in [5.41, 5.74) is 1.47. The first-order chi connectivity index (χ1) is 18.0. The quantitative estimate of drug-likeness (QED) is 0.478. The molecule has 2 aliphatic rings. The number of ketones is 1. The number of amides is 1. The maximum Gasteiger partial charge on any atom is 0.268 e. The van der Waals surface area contributed by atoms with Gasteiger partial charge in [0.05, 0.1) is 22.9 Å². The molecule has 0 bridgehead atoms. The van der Waals surface area contributed by atoms with Gasteiger partial charge in [0.15, 0.2) is 5.78 Å². The maximum atomic E-state index is 13.3. The molecule has 0 unspecified atom stereocenters. The first-order valence-electron chi connectivity index (χ1n) is 12.7. The molecular formula is C28H32ClN3O5S. The molecule has 1 aliphatic carbocycles. The van der Waals surface area contributed by atoms with Crippen LogP contribution in [-0.2, 0) is 14.8 Å². The Bertz CT molecular complexity index is 1390. The van der Waals surface area contributed by atoms with E-state index in [9.17, 15) is 18.0 Å². The molecule has 1 N–H and O–H groups in total. The zero-order valence-electron chi connectivity index (χ0n) is 21.7. The summed E-state index contributed by atoms with van der Waals surface area (Å²) >= 11 is 6.34. The van der Waals surface area contributed by atoms with E-state index in [1.165, 1.54) is 12.2 Å². The first-order valence-corrected chi connectivity index (χ1v) is 14.6. The Balaban J connectivity index is 1.69. The van der Waals surface area contributed by atoms with Crippen molar-refractivity contribution in [2.45, 2.75) is 40.0 Å². The molecule has 0 radical (unpaired) electrons. The lowest BCUT2D eigenvalue weighted by molar-refractivity contribution is -0.114. The van der Waals surface area contributed by atoms with E-state index in [1.807, 2.05) is 30.9 Å². The number of aromatic nitrogens is 1. The third-order valence-corrected chi connectivity index (χ3v) is 8.19. The van der Waals surface area contributed by atoms with Gasteiger partial charge in [-0.05, 0) is 55.0 Å². The van der Waals surface area contributed by atoms with Crippen LogP contribution in [0.15, 0.2) is 53.5 Å². The fraction of sp³-hybridized carbons (Fsp3) is 0.393. The minimum atomic E-state index is -4.34. The molecule has 8 nitrogen and oxygen atoms in total. The van der Waals surface area contributed by atoms with E-state index in [0.717, 1.165) is 18.4 Å². The van der Waals surface area contributed by atoms with E-state index in [0.29, 0.717) is 53.8 Å². The van der Waals surface area contributed by atoms with E-state index >= 15 is 0 Å². The van der Waals surface area contributed by atoms with E-state index < -0.39 is 26.6 Å². The van der Waals surface area contributed by atoms with Gasteiger partial charge in [-0.15, -0.1) is 0 Å². The van der Waals surface area contributed by atoms with Gasteiger partial charge in [-0.1, -0.05) is 50.6 Å². The van der Waals surface area contributed by atoms with Crippen molar-refractivity contribution in [3.05, 3.63) is 64.1 Å². The number of benzene rings is 1. The smallest absolute Gasteiger partial charge is 0.268 e. The molecule has 10 heteroatoms. The molecule has 2 heterocycles. The van der Waals surface area contributed by atoms with Crippen molar-refractivity contribution in [3.8, 4) is 17.0 Å². The summed E-state index contributed by atoms with van der Waals surface area (Å²) < 4.78 is 33.7. The van der Waals surface area contributed by atoms with Gasteiger partial charge in [0, 0.05) is 25.1 Å². The molecule has 0 atom stereocenters. The first kappa shape index (κ1) is 27.9. The minimum Gasteiger partial charge on any atom is -0.492 e. The van der Waals surface area contributed by atoms with Crippen molar-refractivity contribution in [3.63, 3.8) is 0 Å². The number of carbonyl (C=O) groups is 2. The number of hydrogen-bond acceptors (Lipinski definition) is 7. The second-order valence-electron chi connectivity index (χ2n) is 10.1. The summed E-state index contributed by atoms with van der Waals surface area (Å²) in [5, 5.41) is 0.488. The van der Waals surface area contributed by atoms with Gasteiger partial charge in [0.1, 0.15) is 16.5 Å². The zero-order valence-corrected chi connectivity index (χ0v) is 23.3. The highest BCUT2D eigenvalue weighted by molar-refractivity contribution is 7.95. The van der Waals surface area contributed by atoms with Crippen molar-refractivity contribution in [1.82, 2.24) is 9.71 Å².